The predicted molar refractivity (Wildman–Crippen MR) is 222 cm³/mol. The van der Waals surface area contributed by atoms with Gasteiger partial charge in [0.2, 0.25) is 5.91 Å². The van der Waals surface area contributed by atoms with E-state index in [1.807, 2.05) is 41.1 Å². The van der Waals surface area contributed by atoms with Crippen molar-refractivity contribution in [3.05, 3.63) is 53.9 Å². The van der Waals surface area contributed by atoms with Gasteiger partial charge in [-0.05, 0) is 81.6 Å². The van der Waals surface area contributed by atoms with Crippen LogP contribution in [0.15, 0.2) is 42.7 Å². The van der Waals surface area contributed by atoms with E-state index in [9.17, 15) is 9.59 Å². The van der Waals surface area contributed by atoms with Crippen LogP contribution in [0.5, 0.6) is 11.5 Å². The van der Waals surface area contributed by atoms with Crippen LogP contribution in [-0.2, 0) is 31.8 Å². The maximum absolute atomic E-state index is 13.5. The number of benzene rings is 1. The molecule has 4 rings (SSSR count). The van der Waals surface area contributed by atoms with E-state index in [0.29, 0.717) is 37.9 Å². The Balaban J connectivity index is 1.56. The molecule has 54 heavy (non-hydrogen) atoms. The van der Waals surface area contributed by atoms with E-state index in [-0.39, 0.29) is 17.0 Å². The molecule has 2 aromatic heterocycles. The van der Waals surface area contributed by atoms with Gasteiger partial charge in [0.1, 0.15) is 35.5 Å². The molecule has 1 aliphatic rings. The molecule has 2 heterocycles. The van der Waals surface area contributed by atoms with Gasteiger partial charge >= 0.3 is 6.09 Å². The Hall–Kier alpha value is -3.64. The summed E-state index contributed by atoms with van der Waals surface area (Å²) < 4.78 is 26.5. The molecular weight excluding hydrogens is 713 g/mol. The first kappa shape index (κ1) is 43.1. The summed E-state index contributed by atoms with van der Waals surface area (Å²) in [7, 11) is -3.19. The van der Waals surface area contributed by atoms with Crippen LogP contribution in [-0.4, -0.2) is 68.8 Å². The van der Waals surface area contributed by atoms with Gasteiger partial charge in [-0.15, -0.1) is 0 Å². The third kappa shape index (κ3) is 13.3. The van der Waals surface area contributed by atoms with E-state index >= 15 is 0 Å². The Morgan fingerprint density at radius 3 is 2.30 bits per heavy atom. The Bertz CT molecular complexity index is 1770. The lowest BCUT2D eigenvalue weighted by Gasteiger charge is -2.35. The first-order valence-corrected chi connectivity index (χ1v) is 26.1. The maximum Gasteiger partial charge on any atom is 0.408 e. The molecule has 1 saturated carbocycles. The van der Waals surface area contributed by atoms with E-state index in [1.54, 1.807) is 27.0 Å². The summed E-state index contributed by atoms with van der Waals surface area (Å²) in [6, 6.07) is 9.84. The molecule has 296 valence electrons. The number of pyridine rings is 1. The van der Waals surface area contributed by atoms with E-state index in [2.05, 4.69) is 76.0 Å². The van der Waals surface area contributed by atoms with E-state index in [4.69, 9.17) is 23.6 Å². The minimum atomic E-state index is -1.95. The number of fused-ring (bicyclic) bond motifs is 1. The fourth-order valence-electron chi connectivity index (χ4n) is 5.83. The van der Waals surface area contributed by atoms with Crippen molar-refractivity contribution in [1.82, 2.24) is 20.2 Å². The number of amides is 2. The van der Waals surface area contributed by atoms with Crippen molar-refractivity contribution in [2.75, 3.05) is 13.2 Å². The van der Waals surface area contributed by atoms with Gasteiger partial charge in [-0.25, -0.2) is 9.78 Å². The van der Waals surface area contributed by atoms with Gasteiger partial charge in [-0.1, -0.05) is 83.6 Å². The Morgan fingerprint density at radius 2 is 1.67 bits per heavy atom. The van der Waals surface area contributed by atoms with Gasteiger partial charge in [0, 0.05) is 39.5 Å². The standard InChI is InChI=1S/C42H64N4O6Si2/c1-41(2,3)52-40(48)45-35(39(47)44-33-17-13-12-14-18-33)28-31-19-21-34(22-20-31)51-36-23-24-43-38-37(36)32(16-15-25-50-54(10,11)42(4,5)6)29-46(38)30-49-26-27-53(7,8)9/h19-24,29,33,35H,12-14,17-18,25-28,30H2,1-11H3,(H,44,47)(H,45,48)/t35-/m0/s1. The smallest absolute Gasteiger partial charge is 0.408 e. The zero-order valence-electron chi connectivity index (χ0n) is 34.6. The minimum Gasteiger partial charge on any atom is -0.456 e. The van der Waals surface area contributed by atoms with Gasteiger partial charge in [-0.3, -0.25) is 4.79 Å². The quantitative estimate of drug-likeness (QED) is 0.0953. The lowest BCUT2D eigenvalue weighted by atomic mass is 9.95. The van der Waals surface area contributed by atoms with Gasteiger partial charge in [0.25, 0.3) is 0 Å². The van der Waals surface area contributed by atoms with Crippen molar-refractivity contribution in [2.45, 2.75) is 148 Å². The van der Waals surface area contributed by atoms with Crippen molar-refractivity contribution in [3.8, 4) is 23.3 Å². The van der Waals surface area contributed by atoms with Gasteiger partial charge in [0.15, 0.2) is 8.32 Å². The monoisotopic (exact) mass is 776 g/mol. The molecule has 0 unspecified atom stereocenters. The molecule has 3 aromatic rings. The lowest BCUT2D eigenvalue weighted by molar-refractivity contribution is -0.124. The number of aromatic nitrogens is 2. The van der Waals surface area contributed by atoms with E-state index in [0.717, 1.165) is 53.9 Å². The van der Waals surface area contributed by atoms with Crippen LogP contribution < -0.4 is 15.4 Å². The van der Waals surface area contributed by atoms with Crippen molar-refractivity contribution < 1.29 is 28.2 Å². The van der Waals surface area contributed by atoms with Crippen molar-refractivity contribution in [3.63, 3.8) is 0 Å². The molecule has 1 atom stereocenters. The fraction of sp³-hybridized carbons (Fsp3) is 0.595. The zero-order valence-corrected chi connectivity index (χ0v) is 36.6. The van der Waals surface area contributed by atoms with Gasteiger partial charge in [-0.2, -0.15) is 0 Å². The molecule has 0 saturated heterocycles. The second-order valence-electron chi connectivity index (χ2n) is 18.2. The normalized spacial score (nSPS) is 14.9. The first-order valence-electron chi connectivity index (χ1n) is 19.5. The highest BCUT2D eigenvalue weighted by Crippen LogP contribution is 2.36. The molecule has 10 nitrogen and oxygen atoms in total. The average molecular weight is 777 g/mol. The SMILES string of the molecule is CC(C)(C)OC(=O)N[C@@H](Cc1ccc(Oc2ccnc3c2c(C#CCO[Si](C)(C)C(C)(C)C)cn3COCC[Si](C)(C)C)cc1)C(=O)NC1CCCCC1. The fourth-order valence-corrected chi connectivity index (χ4v) is 7.46. The number of carbonyl (C=O) groups is 2. The number of nitrogens with one attached hydrogen (secondary N) is 2. The second-order valence-corrected chi connectivity index (χ2v) is 28.6. The van der Waals surface area contributed by atoms with Crippen LogP contribution in [0.4, 0.5) is 4.79 Å². The van der Waals surface area contributed by atoms with Crippen LogP contribution in [0.3, 0.4) is 0 Å². The summed E-state index contributed by atoms with van der Waals surface area (Å²) >= 11 is 0. The number of ether oxygens (including phenoxy) is 3. The van der Waals surface area contributed by atoms with Gasteiger partial charge in [0.05, 0.1) is 17.6 Å². The summed E-state index contributed by atoms with van der Waals surface area (Å²) in [5.41, 5.74) is 1.71. The number of hydrogen-bond acceptors (Lipinski definition) is 7. The summed E-state index contributed by atoms with van der Waals surface area (Å²) in [5.74, 6) is 7.65. The molecule has 0 bridgehead atoms. The second kappa shape index (κ2) is 18.3. The summed E-state index contributed by atoms with van der Waals surface area (Å²) in [6.07, 6.45) is 8.68. The Morgan fingerprint density at radius 1 is 0.981 bits per heavy atom. The molecule has 12 heteroatoms. The highest BCUT2D eigenvalue weighted by atomic mass is 28.4. The summed E-state index contributed by atoms with van der Waals surface area (Å²) in [6.45, 7) is 24.9. The number of nitrogens with zero attached hydrogens (tertiary/aromatic N) is 2. The highest BCUT2D eigenvalue weighted by Gasteiger charge is 2.37. The summed E-state index contributed by atoms with van der Waals surface area (Å²) in [5, 5.41) is 6.87. The number of alkyl carbamates (subject to hydrolysis) is 1. The maximum atomic E-state index is 13.5. The van der Waals surface area contributed by atoms with Crippen LogP contribution >= 0.6 is 0 Å². The van der Waals surface area contributed by atoms with Crippen molar-refractivity contribution in [1.29, 1.82) is 0 Å². The van der Waals surface area contributed by atoms with Crippen molar-refractivity contribution in [2.24, 2.45) is 0 Å². The molecule has 0 spiro atoms. The molecular formula is C42H64N4O6Si2. The third-order valence-electron chi connectivity index (χ3n) is 10.0. The van der Waals surface area contributed by atoms with Crippen LogP contribution in [0.25, 0.3) is 11.0 Å². The minimum absolute atomic E-state index is 0.0926. The number of rotatable bonds is 14. The van der Waals surface area contributed by atoms with E-state index in [1.165, 1.54) is 6.42 Å². The third-order valence-corrected chi connectivity index (χ3v) is 16.2. The van der Waals surface area contributed by atoms with Crippen LogP contribution in [0.1, 0.15) is 84.8 Å². The van der Waals surface area contributed by atoms with Crippen LogP contribution in [0.2, 0.25) is 43.8 Å². The molecule has 0 aliphatic heterocycles. The highest BCUT2D eigenvalue weighted by molar-refractivity contribution is 6.76. The molecule has 2 amide bonds. The largest absolute Gasteiger partial charge is 0.456 e. The zero-order chi connectivity index (χ0) is 39.7. The predicted octanol–water partition coefficient (Wildman–Crippen LogP) is 9.40. The number of hydrogen-bond donors (Lipinski definition) is 2. The Kier molecular flexibility index (Phi) is 14.6. The van der Waals surface area contributed by atoms with Crippen molar-refractivity contribution >= 4 is 39.4 Å². The average Bonchev–Trinajstić information content (AvgIpc) is 3.42. The Labute approximate surface area is 325 Å². The van der Waals surface area contributed by atoms with Gasteiger partial charge < -0.3 is 33.8 Å². The number of carbonyl (C=O) groups excluding carboxylic acids is 2. The molecule has 0 radical (unpaired) electrons. The molecule has 1 aromatic carbocycles. The molecule has 2 N–H and O–H groups in total. The topological polar surface area (TPSA) is 113 Å². The first-order chi connectivity index (χ1) is 25.2. The summed E-state index contributed by atoms with van der Waals surface area (Å²) in [4.78, 5) is 30.9. The van der Waals surface area contributed by atoms with Crippen LogP contribution in [0, 0.1) is 11.8 Å². The lowest BCUT2D eigenvalue weighted by Crippen LogP contribution is -2.51. The van der Waals surface area contributed by atoms with E-state index < -0.39 is 34.1 Å². The molecule has 1 fully saturated rings. The molecule has 1 aliphatic carbocycles.